The number of ether oxygens (including phenoxy) is 6. The summed E-state index contributed by atoms with van der Waals surface area (Å²) in [6.07, 6.45) is 13.6. The molecule has 0 rings (SSSR count). The van der Waals surface area contributed by atoms with Gasteiger partial charge in [0.2, 0.25) is 35.4 Å². The molecule has 0 aromatic carbocycles. The number of carbonyl (C=O) groups is 6. The van der Waals surface area contributed by atoms with Gasteiger partial charge in [-0.1, -0.05) is 87.0 Å². The van der Waals surface area contributed by atoms with Crippen molar-refractivity contribution in [2.75, 3.05) is 159 Å². The van der Waals surface area contributed by atoms with Crippen LogP contribution in [0, 0.1) is 5.41 Å². The van der Waals surface area contributed by atoms with Crippen LogP contribution in [0.3, 0.4) is 0 Å². The van der Waals surface area contributed by atoms with Crippen LogP contribution in [-0.2, 0) is 57.2 Å². The zero-order chi connectivity index (χ0) is 53.8. The van der Waals surface area contributed by atoms with Gasteiger partial charge in [0.1, 0.15) is 39.6 Å². The van der Waals surface area contributed by atoms with E-state index >= 15 is 0 Å². The fourth-order valence-electron chi connectivity index (χ4n) is 7.34. The van der Waals surface area contributed by atoms with Gasteiger partial charge in [-0.3, -0.25) is 28.8 Å². The van der Waals surface area contributed by atoms with Crippen LogP contribution in [0.5, 0.6) is 0 Å². The van der Waals surface area contributed by atoms with E-state index in [1.54, 1.807) is 50.5 Å². The summed E-state index contributed by atoms with van der Waals surface area (Å²) in [4.78, 5) is 87.3. The highest BCUT2D eigenvalue weighted by molar-refractivity contribution is 5.81. The number of unbranched alkanes of at least 4 members (excludes halogenated alkanes) is 6. The number of likely N-dealkylation sites (N-methyl/N-ethyl adjacent to an activating group) is 3. The van der Waals surface area contributed by atoms with Gasteiger partial charge in [0.05, 0.1) is 19.8 Å². The van der Waals surface area contributed by atoms with E-state index in [0.717, 1.165) is 77.0 Å². The number of carbonyl (C=O) groups excluding carboxylic acids is 6. The van der Waals surface area contributed by atoms with Crippen molar-refractivity contribution >= 4 is 35.4 Å². The molecule has 0 atom stereocenters. The molecule has 422 valence electrons. The summed E-state index contributed by atoms with van der Waals surface area (Å²) < 4.78 is 35.7. The molecule has 0 aliphatic heterocycles. The molecule has 0 N–H and O–H groups in total. The molecule has 0 fully saturated rings. The fraction of sp³-hybridized carbons (Fsp3) is 0.889. The number of rotatable bonds is 49. The lowest BCUT2D eigenvalue weighted by Gasteiger charge is -2.33. The quantitative estimate of drug-likeness (QED) is 0.0622. The molecule has 0 bridgehead atoms. The van der Waals surface area contributed by atoms with Gasteiger partial charge in [0.25, 0.3) is 0 Å². The average molecular weight is 1030 g/mol. The normalized spacial score (nSPS) is 11.4. The van der Waals surface area contributed by atoms with Gasteiger partial charge >= 0.3 is 0 Å². The van der Waals surface area contributed by atoms with Gasteiger partial charge in [-0.2, -0.15) is 0 Å². The summed E-state index contributed by atoms with van der Waals surface area (Å²) in [6, 6.07) is 0. The van der Waals surface area contributed by atoms with Crippen LogP contribution in [0.4, 0.5) is 0 Å². The van der Waals surface area contributed by atoms with Crippen LogP contribution >= 0.6 is 0 Å². The van der Waals surface area contributed by atoms with Crippen molar-refractivity contribution in [2.24, 2.45) is 5.41 Å². The molecule has 0 spiro atoms. The molecule has 0 heterocycles. The molecule has 0 saturated heterocycles. The second-order valence-corrected chi connectivity index (χ2v) is 19.3. The molecule has 0 saturated carbocycles. The molecule has 0 aromatic rings. The molecule has 6 amide bonds. The summed E-state index contributed by atoms with van der Waals surface area (Å²) in [5.74, 6) is -0.865. The first-order valence-corrected chi connectivity index (χ1v) is 27.7. The first-order valence-electron chi connectivity index (χ1n) is 27.7. The van der Waals surface area contributed by atoms with Crippen LogP contribution in [0.25, 0.3) is 0 Å². The molecule has 0 radical (unpaired) electrons. The molecule has 18 nitrogen and oxygen atoms in total. The topological polar surface area (TPSA) is 177 Å². The van der Waals surface area contributed by atoms with Crippen LogP contribution in [-0.4, -0.2) is 224 Å². The second kappa shape index (κ2) is 45.0. The lowest BCUT2D eigenvalue weighted by atomic mass is 9.88. The Morgan fingerprint density at radius 1 is 0.306 bits per heavy atom. The maximum atomic E-state index is 13.2. The lowest BCUT2D eigenvalue weighted by Crippen LogP contribution is -2.39. The Balaban J connectivity index is 5.67. The molecular weight excluding hydrogens is 925 g/mol. The maximum Gasteiger partial charge on any atom is 0.248 e. The van der Waals surface area contributed by atoms with Crippen molar-refractivity contribution in [3.63, 3.8) is 0 Å². The maximum absolute atomic E-state index is 13.2. The summed E-state index contributed by atoms with van der Waals surface area (Å²) in [5.41, 5.74) is -0.493. The van der Waals surface area contributed by atoms with Crippen LogP contribution < -0.4 is 0 Å². The number of amides is 6. The summed E-state index contributed by atoms with van der Waals surface area (Å²) in [6.45, 7) is 21.3. The average Bonchev–Trinajstić information content (AvgIpc) is 3.37. The van der Waals surface area contributed by atoms with E-state index in [1.165, 1.54) is 0 Å². The van der Waals surface area contributed by atoms with Crippen molar-refractivity contribution in [1.29, 1.82) is 0 Å². The predicted molar refractivity (Wildman–Crippen MR) is 284 cm³/mol. The van der Waals surface area contributed by atoms with E-state index < -0.39 is 5.41 Å². The highest BCUT2D eigenvalue weighted by atomic mass is 16.5. The number of nitrogens with zero attached hydrogens (tertiary/aromatic N) is 6. The summed E-state index contributed by atoms with van der Waals surface area (Å²) in [5, 5.41) is 0. The minimum absolute atomic E-state index is 0.129. The summed E-state index contributed by atoms with van der Waals surface area (Å²) >= 11 is 0. The minimum atomic E-state index is -0.493. The van der Waals surface area contributed by atoms with E-state index in [2.05, 4.69) is 48.5 Å². The van der Waals surface area contributed by atoms with E-state index in [0.29, 0.717) is 124 Å². The molecular formula is C54H104N6O12. The standard InChI is InChI=1S/C54H104N6O12/c1-11-18-27-55(8)48(61)39-70-42-51(64)58(30-21-14-4)33-24-36-67-45-54(17-7,46-68-37-25-34-59(31-22-15-5)52(65)43-71-40-49(62)56(9)28-19-12-2)47-69-38-26-35-60(32-23-16-6)53(66)44-72-41-50(63)57(10)29-20-13-3/h11-47H2,1-10H3. The van der Waals surface area contributed by atoms with Gasteiger partial charge in [0, 0.05) is 105 Å². The monoisotopic (exact) mass is 1030 g/mol. The lowest BCUT2D eigenvalue weighted by molar-refractivity contribution is -0.143. The summed E-state index contributed by atoms with van der Waals surface area (Å²) in [7, 11) is 5.26. The van der Waals surface area contributed by atoms with Crippen molar-refractivity contribution < 1.29 is 57.2 Å². The van der Waals surface area contributed by atoms with E-state index in [1.807, 2.05) is 0 Å². The molecule has 72 heavy (non-hydrogen) atoms. The highest BCUT2D eigenvalue weighted by Crippen LogP contribution is 2.25. The van der Waals surface area contributed by atoms with Crippen molar-refractivity contribution in [1.82, 2.24) is 29.4 Å². The van der Waals surface area contributed by atoms with Gasteiger partial charge in [-0.05, 0) is 64.2 Å². The largest absolute Gasteiger partial charge is 0.381 e. The van der Waals surface area contributed by atoms with Crippen molar-refractivity contribution in [3.05, 3.63) is 0 Å². The van der Waals surface area contributed by atoms with E-state index in [-0.39, 0.29) is 75.1 Å². The van der Waals surface area contributed by atoms with Gasteiger partial charge in [0.15, 0.2) is 0 Å². The van der Waals surface area contributed by atoms with E-state index in [9.17, 15) is 28.8 Å². The zero-order valence-electron chi connectivity index (χ0n) is 47.2. The Labute approximate surface area is 436 Å². The van der Waals surface area contributed by atoms with Crippen LogP contribution in [0.15, 0.2) is 0 Å². The second-order valence-electron chi connectivity index (χ2n) is 19.3. The Morgan fingerprint density at radius 2 is 0.528 bits per heavy atom. The molecule has 18 heteroatoms. The predicted octanol–water partition coefficient (Wildman–Crippen LogP) is 6.31. The zero-order valence-corrected chi connectivity index (χ0v) is 47.2. The van der Waals surface area contributed by atoms with Gasteiger partial charge in [-0.15, -0.1) is 0 Å². The van der Waals surface area contributed by atoms with Gasteiger partial charge < -0.3 is 57.8 Å². The smallest absolute Gasteiger partial charge is 0.248 e. The Morgan fingerprint density at radius 3 is 0.764 bits per heavy atom. The fourth-order valence-corrected chi connectivity index (χ4v) is 7.34. The number of hydrogen-bond acceptors (Lipinski definition) is 12. The Kier molecular flexibility index (Phi) is 42.9. The number of hydrogen-bond donors (Lipinski definition) is 0. The third kappa shape index (κ3) is 33.4. The first-order chi connectivity index (χ1) is 34.7. The molecule has 0 aliphatic rings. The van der Waals surface area contributed by atoms with E-state index in [4.69, 9.17) is 28.4 Å². The molecule has 0 aromatic heterocycles. The Bertz CT molecular complexity index is 1270. The van der Waals surface area contributed by atoms with Crippen molar-refractivity contribution in [3.8, 4) is 0 Å². The third-order valence-corrected chi connectivity index (χ3v) is 12.7. The van der Waals surface area contributed by atoms with Crippen LogP contribution in [0.2, 0.25) is 0 Å². The molecule has 0 unspecified atom stereocenters. The molecule has 0 aliphatic carbocycles. The minimum Gasteiger partial charge on any atom is -0.381 e. The van der Waals surface area contributed by atoms with Gasteiger partial charge in [-0.25, -0.2) is 0 Å². The Hall–Kier alpha value is -3.42. The third-order valence-electron chi connectivity index (χ3n) is 12.7. The SMILES string of the molecule is CCCCN(C)C(=O)COCC(=O)N(CCCC)CCCOCC(CC)(COCCCN(CCCC)C(=O)COCC(=O)N(C)CCCC)COCCCN(CCCC)C(=O)COCC(=O)N(C)CCCC. The highest BCUT2D eigenvalue weighted by Gasteiger charge is 2.30. The van der Waals surface area contributed by atoms with Crippen molar-refractivity contribution in [2.45, 2.75) is 151 Å². The van der Waals surface area contributed by atoms with Crippen LogP contribution in [0.1, 0.15) is 151 Å². The first kappa shape index (κ1) is 68.6.